The summed E-state index contributed by atoms with van der Waals surface area (Å²) < 4.78 is 35.3. The van der Waals surface area contributed by atoms with Crippen LogP contribution in [0.25, 0.3) is 0 Å². The number of methoxy groups -OCH3 is 6. The van der Waals surface area contributed by atoms with Crippen LogP contribution in [0.3, 0.4) is 0 Å². The fraction of sp³-hybridized carbons (Fsp3) is 0.800. The Labute approximate surface area is 181 Å². The van der Waals surface area contributed by atoms with Gasteiger partial charge in [0, 0.05) is 42.7 Å². The van der Waals surface area contributed by atoms with Crippen molar-refractivity contribution >= 4 is 28.6 Å². The fourth-order valence-electron chi connectivity index (χ4n) is 3.56. The Morgan fingerprint density at radius 2 is 0.667 bits per heavy atom. The Hall–Kier alpha value is -1.18. The first-order valence-corrected chi connectivity index (χ1v) is 15.8. The molecular formula is C15H33N3O9Si3. The summed E-state index contributed by atoms with van der Waals surface area (Å²) in [5, 5.41) is 0. The van der Waals surface area contributed by atoms with Crippen LogP contribution in [0, 0.1) is 0 Å². The lowest BCUT2D eigenvalue weighted by Crippen LogP contribution is -2.70. The highest BCUT2D eigenvalue weighted by molar-refractivity contribution is 6.36. The maximum Gasteiger partial charge on any atom is 0.344 e. The summed E-state index contributed by atoms with van der Waals surface area (Å²) in [5.41, 5.74) is -7.81. The van der Waals surface area contributed by atoms with Gasteiger partial charge in [-0.1, -0.05) is 19.6 Å². The highest BCUT2D eigenvalue weighted by Gasteiger charge is 2.45. The van der Waals surface area contributed by atoms with Gasteiger partial charge in [-0.2, -0.15) is 13.7 Å². The molecule has 1 aromatic heterocycles. The summed E-state index contributed by atoms with van der Waals surface area (Å²) in [6, 6.07) is 0. The summed E-state index contributed by atoms with van der Waals surface area (Å²) in [6.45, 7) is 5.42. The van der Waals surface area contributed by atoms with Crippen LogP contribution in [-0.4, -0.2) is 84.9 Å². The van der Waals surface area contributed by atoms with Crippen LogP contribution in [0.2, 0.25) is 19.6 Å². The van der Waals surface area contributed by atoms with Gasteiger partial charge in [0.2, 0.25) is 16.6 Å². The standard InChI is InChI=1S/C15H33N3O9Si3/c1-22-13(23-2,28-7)16-10(19)17(14(24-3,25-4)29-8)12(21)18(11(16)20)15(26-5,27-6)30-9/h28-30H2,1-9H3. The van der Waals surface area contributed by atoms with Gasteiger partial charge in [-0.25, -0.2) is 14.4 Å². The molecule has 1 aromatic rings. The first-order chi connectivity index (χ1) is 14.1. The third-order valence-corrected chi connectivity index (χ3v) is 10.8. The molecule has 0 radical (unpaired) electrons. The van der Waals surface area contributed by atoms with E-state index in [4.69, 9.17) is 28.4 Å². The maximum absolute atomic E-state index is 13.6. The number of nitrogens with zero attached hydrogens (tertiary/aromatic N) is 3. The van der Waals surface area contributed by atoms with E-state index in [-0.39, 0.29) is 0 Å². The third kappa shape index (κ3) is 3.89. The van der Waals surface area contributed by atoms with Crippen molar-refractivity contribution in [2.75, 3.05) is 42.7 Å². The van der Waals surface area contributed by atoms with Crippen LogP contribution >= 0.6 is 0 Å². The van der Waals surface area contributed by atoms with Crippen molar-refractivity contribution in [3.05, 3.63) is 31.5 Å². The molecule has 0 atom stereocenters. The van der Waals surface area contributed by atoms with E-state index in [9.17, 15) is 14.4 Å². The molecule has 0 fully saturated rings. The average molecular weight is 484 g/mol. The summed E-state index contributed by atoms with van der Waals surface area (Å²) >= 11 is 0. The van der Waals surface area contributed by atoms with Crippen LogP contribution in [0.4, 0.5) is 0 Å². The van der Waals surface area contributed by atoms with Crippen molar-refractivity contribution in [1.82, 2.24) is 13.7 Å². The minimum Gasteiger partial charge on any atom is -0.340 e. The molecule has 174 valence electrons. The van der Waals surface area contributed by atoms with E-state index in [1.807, 2.05) is 19.6 Å². The molecule has 0 aromatic carbocycles. The topological polar surface area (TPSA) is 121 Å². The van der Waals surface area contributed by atoms with E-state index >= 15 is 0 Å². The van der Waals surface area contributed by atoms with Crippen molar-refractivity contribution in [3.8, 4) is 0 Å². The van der Waals surface area contributed by atoms with E-state index in [1.165, 1.54) is 42.7 Å². The molecule has 0 aliphatic rings. The van der Waals surface area contributed by atoms with Gasteiger partial charge in [-0.15, -0.1) is 0 Å². The second-order valence-electron chi connectivity index (χ2n) is 6.28. The third-order valence-electron chi connectivity index (χ3n) is 5.42. The number of hydrogen-bond donors (Lipinski definition) is 0. The number of aromatic nitrogens is 3. The predicted molar refractivity (Wildman–Crippen MR) is 118 cm³/mol. The van der Waals surface area contributed by atoms with Crippen molar-refractivity contribution < 1.29 is 28.4 Å². The highest BCUT2D eigenvalue weighted by atomic mass is 28.2. The maximum atomic E-state index is 13.6. The van der Waals surface area contributed by atoms with Gasteiger partial charge in [-0.05, 0) is 0 Å². The lowest BCUT2D eigenvalue weighted by atomic mass is 10.7. The zero-order chi connectivity index (χ0) is 23.3. The zero-order valence-electron chi connectivity index (χ0n) is 19.1. The van der Waals surface area contributed by atoms with E-state index in [1.54, 1.807) is 0 Å². The van der Waals surface area contributed by atoms with Crippen molar-refractivity contribution in [1.29, 1.82) is 0 Å². The van der Waals surface area contributed by atoms with E-state index in [0.717, 1.165) is 13.7 Å². The van der Waals surface area contributed by atoms with Crippen LogP contribution < -0.4 is 17.1 Å². The van der Waals surface area contributed by atoms with Gasteiger partial charge < -0.3 is 28.4 Å². The van der Waals surface area contributed by atoms with Crippen molar-refractivity contribution in [3.63, 3.8) is 0 Å². The Morgan fingerprint density at radius 3 is 0.767 bits per heavy atom. The molecule has 0 saturated heterocycles. The number of rotatable bonds is 12. The molecule has 0 amide bonds. The van der Waals surface area contributed by atoms with Gasteiger partial charge in [0.25, 0.3) is 0 Å². The van der Waals surface area contributed by atoms with Crippen molar-refractivity contribution in [2.24, 2.45) is 0 Å². The first kappa shape index (κ1) is 26.9. The number of hydrogen-bond acceptors (Lipinski definition) is 9. The summed E-state index contributed by atoms with van der Waals surface area (Å²) in [4.78, 5) is 40.7. The molecule has 0 saturated carbocycles. The second-order valence-corrected chi connectivity index (χ2v) is 11.1. The van der Waals surface area contributed by atoms with Gasteiger partial charge in [0.05, 0.1) is 0 Å². The molecule has 15 heteroatoms. The predicted octanol–water partition coefficient (Wildman–Crippen LogP) is -3.60. The lowest BCUT2D eigenvalue weighted by Gasteiger charge is -2.38. The normalized spacial score (nSPS) is 14.3. The fourth-order valence-corrected chi connectivity index (χ4v) is 7.05. The molecule has 0 aliphatic heterocycles. The number of ether oxygens (including phenoxy) is 6. The summed E-state index contributed by atoms with van der Waals surface area (Å²) in [7, 11) is 3.95. The molecule has 0 spiro atoms. The highest BCUT2D eigenvalue weighted by Crippen LogP contribution is 2.18. The largest absolute Gasteiger partial charge is 0.344 e. The molecule has 0 bridgehead atoms. The van der Waals surface area contributed by atoms with Crippen LogP contribution in [0.15, 0.2) is 14.4 Å². The monoisotopic (exact) mass is 483 g/mol. The molecule has 0 unspecified atom stereocenters. The molecule has 12 nitrogen and oxygen atoms in total. The lowest BCUT2D eigenvalue weighted by molar-refractivity contribution is -0.238. The summed E-state index contributed by atoms with van der Waals surface area (Å²) in [5.74, 6) is 0. The minimum absolute atomic E-state index is 0.786. The Morgan fingerprint density at radius 1 is 0.500 bits per heavy atom. The smallest absolute Gasteiger partial charge is 0.340 e. The Bertz CT molecular complexity index is 717. The van der Waals surface area contributed by atoms with Gasteiger partial charge in [-0.3, -0.25) is 0 Å². The molecule has 0 aliphatic carbocycles. The SMILES string of the molecule is COC(OC)([SiH2]C)n1c(=O)n(C(OC)(OC)[SiH2]C)c(=O)n(C(OC)(OC)[SiH2]C)c1=O. The van der Waals surface area contributed by atoms with Gasteiger partial charge in [0.1, 0.15) is 28.6 Å². The zero-order valence-corrected chi connectivity index (χ0v) is 23.4. The van der Waals surface area contributed by atoms with E-state index in [2.05, 4.69) is 0 Å². The average Bonchev–Trinajstić information content (AvgIpc) is 2.77. The summed E-state index contributed by atoms with van der Waals surface area (Å²) in [6.07, 6.45) is 0. The Kier molecular flexibility index (Phi) is 9.33. The second kappa shape index (κ2) is 10.4. The van der Waals surface area contributed by atoms with E-state index < -0.39 is 62.2 Å². The molecule has 30 heavy (non-hydrogen) atoms. The van der Waals surface area contributed by atoms with Crippen LogP contribution in [0.1, 0.15) is 0 Å². The minimum atomic E-state index is -1.64. The van der Waals surface area contributed by atoms with Crippen molar-refractivity contribution in [2.45, 2.75) is 36.2 Å². The quantitative estimate of drug-likeness (QED) is 0.219. The van der Waals surface area contributed by atoms with E-state index in [0.29, 0.717) is 0 Å². The molecular weight excluding hydrogens is 450 g/mol. The van der Waals surface area contributed by atoms with Gasteiger partial charge >= 0.3 is 17.1 Å². The van der Waals surface area contributed by atoms with Crippen LogP contribution in [0.5, 0.6) is 0 Å². The first-order valence-electron chi connectivity index (χ1n) is 9.48. The Balaban J connectivity index is 4.47. The van der Waals surface area contributed by atoms with Gasteiger partial charge in [0.15, 0.2) is 0 Å². The molecule has 0 N–H and O–H groups in total. The van der Waals surface area contributed by atoms with Crippen LogP contribution in [-0.2, 0) is 45.0 Å². The molecule has 1 rings (SSSR count). The molecule has 1 heterocycles.